The molecular weight excluding hydrogens is 321 g/mol. The number of aromatic amines is 1. The first-order chi connectivity index (χ1) is 10.6. The maximum atomic E-state index is 6.13. The second-order valence-electron chi connectivity index (χ2n) is 4.68. The van der Waals surface area contributed by atoms with Crippen molar-refractivity contribution in [3.63, 3.8) is 0 Å². The van der Waals surface area contributed by atoms with Crippen molar-refractivity contribution in [2.75, 3.05) is 5.73 Å². The van der Waals surface area contributed by atoms with Gasteiger partial charge in [0.25, 0.3) is 0 Å². The van der Waals surface area contributed by atoms with Crippen molar-refractivity contribution in [1.29, 1.82) is 0 Å². The van der Waals surface area contributed by atoms with Gasteiger partial charge in [-0.05, 0) is 30.3 Å². The number of aromatic nitrogens is 2. The van der Waals surface area contributed by atoms with E-state index in [1.165, 1.54) is 0 Å². The average molecular weight is 334 g/mol. The summed E-state index contributed by atoms with van der Waals surface area (Å²) >= 11 is 12.3. The zero-order valence-electron chi connectivity index (χ0n) is 11.5. The molecule has 0 atom stereocenters. The van der Waals surface area contributed by atoms with Crippen LogP contribution in [0.25, 0.3) is 11.3 Å². The molecule has 0 spiro atoms. The number of halogens is 2. The van der Waals surface area contributed by atoms with Crippen LogP contribution in [-0.4, -0.2) is 9.97 Å². The number of ether oxygens (including phenoxy) is 1. The normalized spacial score (nSPS) is 10.6. The third-order valence-electron chi connectivity index (χ3n) is 3.22. The first-order valence-electron chi connectivity index (χ1n) is 6.60. The van der Waals surface area contributed by atoms with Gasteiger partial charge in [-0.1, -0.05) is 29.3 Å². The van der Waals surface area contributed by atoms with Crippen LogP contribution >= 0.6 is 23.2 Å². The molecule has 6 heteroatoms. The standard InChI is InChI=1S/C16H13Cl2N3O/c17-12-3-1-4-13(18)11(12)9-22-15-7-10(8-21-16(15)19)14-5-2-6-20-14/h1-8,20H,9H2,(H2,19,21). The molecule has 1 aromatic carbocycles. The van der Waals surface area contributed by atoms with Crippen LogP contribution in [0.2, 0.25) is 10.0 Å². The quantitative estimate of drug-likeness (QED) is 0.736. The Morgan fingerprint density at radius 1 is 1.14 bits per heavy atom. The Morgan fingerprint density at radius 3 is 2.59 bits per heavy atom. The zero-order chi connectivity index (χ0) is 15.5. The van der Waals surface area contributed by atoms with E-state index in [-0.39, 0.29) is 6.61 Å². The minimum atomic E-state index is 0.221. The lowest BCUT2D eigenvalue weighted by Gasteiger charge is -2.11. The molecule has 0 aliphatic rings. The number of nitrogens with one attached hydrogen (secondary N) is 1. The van der Waals surface area contributed by atoms with Crippen LogP contribution in [-0.2, 0) is 6.61 Å². The van der Waals surface area contributed by atoms with Crippen LogP contribution in [0, 0.1) is 0 Å². The van der Waals surface area contributed by atoms with Gasteiger partial charge in [0, 0.05) is 39.3 Å². The van der Waals surface area contributed by atoms with E-state index in [1.807, 2.05) is 24.4 Å². The third kappa shape index (κ3) is 3.03. The molecule has 2 aromatic heterocycles. The van der Waals surface area contributed by atoms with E-state index in [9.17, 15) is 0 Å². The summed E-state index contributed by atoms with van der Waals surface area (Å²) in [5, 5.41) is 1.11. The summed E-state index contributed by atoms with van der Waals surface area (Å²) in [6.45, 7) is 0.221. The van der Waals surface area contributed by atoms with E-state index < -0.39 is 0 Å². The topological polar surface area (TPSA) is 63.9 Å². The highest BCUT2D eigenvalue weighted by Crippen LogP contribution is 2.29. The summed E-state index contributed by atoms with van der Waals surface area (Å²) in [5.41, 5.74) is 8.42. The summed E-state index contributed by atoms with van der Waals surface area (Å²) in [7, 11) is 0. The molecule has 0 radical (unpaired) electrons. The number of anilines is 1. The van der Waals surface area contributed by atoms with Crippen molar-refractivity contribution in [3.8, 4) is 17.0 Å². The predicted molar refractivity (Wildman–Crippen MR) is 89.2 cm³/mol. The molecule has 0 amide bonds. The molecule has 0 fully saturated rings. The molecule has 3 aromatic rings. The summed E-state index contributed by atoms with van der Waals surface area (Å²) < 4.78 is 5.75. The molecule has 2 heterocycles. The average Bonchev–Trinajstić information content (AvgIpc) is 3.02. The number of pyridine rings is 1. The number of hydrogen-bond acceptors (Lipinski definition) is 3. The summed E-state index contributed by atoms with van der Waals surface area (Å²) in [6, 6.07) is 11.0. The largest absolute Gasteiger partial charge is 0.485 e. The van der Waals surface area contributed by atoms with Gasteiger partial charge in [0.15, 0.2) is 11.6 Å². The number of rotatable bonds is 4. The molecule has 0 aliphatic heterocycles. The second-order valence-corrected chi connectivity index (χ2v) is 5.49. The highest BCUT2D eigenvalue weighted by Gasteiger charge is 2.10. The summed E-state index contributed by atoms with van der Waals surface area (Å²) in [6.07, 6.45) is 3.53. The van der Waals surface area contributed by atoms with Gasteiger partial charge < -0.3 is 15.5 Å². The number of nitrogens with zero attached hydrogens (tertiary/aromatic N) is 1. The first-order valence-corrected chi connectivity index (χ1v) is 7.35. The molecule has 3 N–H and O–H groups in total. The van der Waals surface area contributed by atoms with Crippen molar-refractivity contribution in [3.05, 3.63) is 64.4 Å². The van der Waals surface area contributed by atoms with Crippen LogP contribution < -0.4 is 10.5 Å². The molecule has 0 saturated carbocycles. The lowest BCUT2D eigenvalue weighted by atomic mass is 10.2. The Balaban J connectivity index is 1.85. The van der Waals surface area contributed by atoms with E-state index in [4.69, 9.17) is 33.7 Å². The van der Waals surface area contributed by atoms with Crippen molar-refractivity contribution in [2.24, 2.45) is 0 Å². The maximum absolute atomic E-state index is 6.13. The molecular formula is C16H13Cl2N3O. The van der Waals surface area contributed by atoms with Gasteiger partial charge in [-0.3, -0.25) is 0 Å². The lowest BCUT2D eigenvalue weighted by molar-refractivity contribution is 0.307. The minimum absolute atomic E-state index is 0.221. The van der Waals surface area contributed by atoms with Crippen molar-refractivity contribution in [1.82, 2.24) is 9.97 Å². The van der Waals surface area contributed by atoms with Crippen LogP contribution in [0.15, 0.2) is 48.8 Å². The van der Waals surface area contributed by atoms with Crippen LogP contribution in [0.1, 0.15) is 5.56 Å². The van der Waals surface area contributed by atoms with Gasteiger partial charge in [-0.25, -0.2) is 4.98 Å². The van der Waals surface area contributed by atoms with Gasteiger partial charge in [-0.2, -0.15) is 0 Å². The predicted octanol–water partition coefficient (Wildman–Crippen LogP) is 4.54. The smallest absolute Gasteiger partial charge is 0.166 e. The van der Waals surface area contributed by atoms with Crippen molar-refractivity contribution in [2.45, 2.75) is 6.61 Å². The molecule has 0 saturated heterocycles. The Labute approximate surface area is 137 Å². The van der Waals surface area contributed by atoms with E-state index >= 15 is 0 Å². The van der Waals surface area contributed by atoms with Crippen molar-refractivity contribution >= 4 is 29.0 Å². The van der Waals surface area contributed by atoms with E-state index in [0.29, 0.717) is 21.6 Å². The van der Waals surface area contributed by atoms with Crippen LogP contribution in [0.4, 0.5) is 5.82 Å². The Hall–Kier alpha value is -2.17. The van der Waals surface area contributed by atoms with Gasteiger partial charge in [0.2, 0.25) is 0 Å². The van der Waals surface area contributed by atoms with Gasteiger partial charge in [0.05, 0.1) is 0 Å². The second kappa shape index (κ2) is 6.30. The molecule has 0 aliphatic carbocycles. The molecule has 0 unspecified atom stereocenters. The van der Waals surface area contributed by atoms with Gasteiger partial charge in [0.1, 0.15) is 6.61 Å². The molecule has 3 rings (SSSR count). The molecule has 4 nitrogen and oxygen atoms in total. The van der Waals surface area contributed by atoms with E-state index in [0.717, 1.165) is 16.8 Å². The first kappa shape index (κ1) is 14.8. The SMILES string of the molecule is Nc1ncc(-c2ccc[nH]2)cc1OCc1c(Cl)cccc1Cl. The fourth-order valence-electron chi connectivity index (χ4n) is 2.05. The highest BCUT2D eigenvalue weighted by atomic mass is 35.5. The van der Waals surface area contributed by atoms with Crippen LogP contribution in [0.5, 0.6) is 5.75 Å². The molecule has 112 valence electrons. The summed E-state index contributed by atoms with van der Waals surface area (Å²) in [4.78, 5) is 7.27. The Morgan fingerprint density at radius 2 is 1.91 bits per heavy atom. The fraction of sp³-hybridized carbons (Fsp3) is 0.0625. The van der Waals surface area contributed by atoms with Crippen LogP contribution in [0.3, 0.4) is 0 Å². The van der Waals surface area contributed by atoms with Gasteiger partial charge >= 0.3 is 0 Å². The van der Waals surface area contributed by atoms with E-state index in [1.54, 1.807) is 24.4 Å². The monoisotopic (exact) mass is 333 g/mol. The number of benzene rings is 1. The summed E-state index contributed by atoms with van der Waals surface area (Å²) in [5.74, 6) is 0.807. The molecule has 0 bridgehead atoms. The Kier molecular flexibility index (Phi) is 4.22. The van der Waals surface area contributed by atoms with E-state index in [2.05, 4.69) is 9.97 Å². The highest BCUT2D eigenvalue weighted by molar-refractivity contribution is 6.35. The molecule has 22 heavy (non-hydrogen) atoms. The minimum Gasteiger partial charge on any atom is -0.485 e. The maximum Gasteiger partial charge on any atom is 0.166 e. The number of H-pyrrole nitrogens is 1. The third-order valence-corrected chi connectivity index (χ3v) is 3.93. The van der Waals surface area contributed by atoms with Crippen molar-refractivity contribution < 1.29 is 4.74 Å². The number of nitrogens with two attached hydrogens (primary N) is 1. The number of nitrogen functional groups attached to an aromatic ring is 1. The lowest BCUT2D eigenvalue weighted by Crippen LogP contribution is -2.02. The Bertz CT molecular complexity index is 768. The fourth-order valence-corrected chi connectivity index (χ4v) is 2.55. The number of hydrogen-bond donors (Lipinski definition) is 2. The zero-order valence-corrected chi connectivity index (χ0v) is 13.0. The van der Waals surface area contributed by atoms with Gasteiger partial charge in [-0.15, -0.1) is 0 Å².